The van der Waals surface area contributed by atoms with Crippen LogP contribution in [0.15, 0.2) is 18.2 Å². The monoisotopic (exact) mass is 324 g/mol. The van der Waals surface area contributed by atoms with E-state index in [9.17, 15) is 14.3 Å². The van der Waals surface area contributed by atoms with Gasteiger partial charge in [-0.2, -0.15) is 0 Å². The van der Waals surface area contributed by atoms with E-state index in [0.29, 0.717) is 25.9 Å². The molecule has 0 atom stereocenters. The van der Waals surface area contributed by atoms with Crippen molar-refractivity contribution in [2.75, 3.05) is 23.7 Å². The van der Waals surface area contributed by atoms with Crippen LogP contribution in [0, 0.1) is 5.82 Å². The normalized spacial score (nSPS) is 17.9. The molecule has 3 N–H and O–H groups in total. The second-order valence-corrected chi connectivity index (χ2v) is 7.18. The maximum atomic E-state index is 13.6. The number of piperidine rings is 1. The Morgan fingerprint density at radius 1 is 1.39 bits per heavy atom. The second-order valence-electron chi connectivity index (χ2n) is 7.18. The molecular formula is C17H25FN2O3. The predicted octanol–water partition coefficient (Wildman–Crippen LogP) is 2.47. The highest BCUT2D eigenvalue weighted by molar-refractivity contribution is 5.71. The fourth-order valence-electron chi connectivity index (χ4n) is 2.72. The van der Waals surface area contributed by atoms with E-state index in [1.807, 2.05) is 4.90 Å². The van der Waals surface area contributed by atoms with E-state index in [2.05, 4.69) is 0 Å². The van der Waals surface area contributed by atoms with E-state index in [0.717, 1.165) is 5.69 Å². The van der Waals surface area contributed by atoms with Gasteiger partial charge in [0.2, 0.25) is 0 Å². The number of anilines is 2. The lowest BCUT2D eigenvalue weighted by molar-refractivity contribution is -0.161. The zero-order valence-electron chi connectivity index (χ0n) is 13.9. The summed E-state index contributed by atoms with van der Waals surface area (Å²) in [6.45, 7) is 6.49. The summed E-state index contributed by atoms with van der Waals surface area (Å²) in [6.07, 6.45) is 0.838. The minimum Gasteiger partial charge on any atom is -0.460 e. The lowest BCUT2D eigenvalue weighted by atomic mass is 9.88. The summed E-state index contributed by atoms with van der Waals surface area (Å²) in [5, 5.41) is 10.6. The Balaban J connectivity index is 1.94. The number of esters is 1. The van der Waals surface area contributed by atoms with E-state index in [1.54, 1.807) is 26.8 Å². The van der Waals surface area contributed by atoms with Crippen LogP contribution < -0.4 is 10.6 Å². The number of benzene rings is 1. The van der Waals surface area contributed by atoms with Crippen LogP contribution in [-0.2, 0) is 9.53 Å². The third-order valence-corrected chi connectivity index (χ3v) is 3.94. The number of hydrogen-bond donors (Lipinski definition) is 2. The van der Waals surface area contributed by atoms with Gasteiger partial charge in [-0.05, 0) is 51.8 Å². The number of halogens is 1. The molecule has 23 heavy (non-hydrogen) atoms. The standard InChI is InChI=1S/C17H25FN2O3/c1-16(2,3)23-15(21)11-17(22)6-8-20(9-7-17)12-4-5-14(19)13(18)10-12/h4-5,10,22H,6-9,11,19H2,1-3H3. The lowest BCUT2D eigenvalue weighted by Crippen LogP contribution is -2.46. The van der Waals surface area contributed by atoms with E-state index in [1.165, 1.54) is 12.1 Å². The van der Waals surface area contributed by atoms with Crippen molar-refractivity contribution in [3.63, 3.8) is 0 Å². The number of carbonyl (C=O) groups is 1. The van der Waals surface area contributed by atoms with E-state index in [4.69, 9.17) is 10.5 Å². The average molecular weight is 324 g/mol. The molecule has 1 aromatic rings. The van der Waals surface area contributed by atoms with Crippen LogP contribution in [0.25, 0.3) is 0 Å². The molecule has 0 aromatic heterocycles. The molecule has 0 bridgehead atoms. The van der Waals surface area contributed by atoms with E-state index in [-0.39, 0.29) is 12.1 Å². The van der Waals surface area contributed by atoms with Crippen molar-refractivity contribution in [2.45, 2.75) is 51.2 Å². The van der Waals surface area contributed by atoms with Crippen molar-refractivity contribution >= 4 is 17.3 Å². The molecule has 0 radical (unpaired) electrons. The number of hydrogen-bond acceptors (Lipinski definition) is 5. The van der Waals surface area contributed by atoms with Crippen LogP contribution in [-0.4, -0.2) is 35.4 Å². The Morgan fingerprint density at radius 3 is 2.52 bits per heavy atom. The highest BCUT2D eigenvalue weighted by Gasteiger charge is 2.36. The zero-order valence-corrected chi connectivity index (χ0v) is 13.9. The molecule has 0 aliphatic carbocycles. The smallest absolute Gasteiger partial charge is 0.309 e. The summed E-state index contributed by atoms with van der Waals surface area (Å²) in [6, 6.07) is 4.69. The van der Waals surface area contributed by atoms with Crippen LogP contribution in [0.1, 0.15) is 40.0 Å². The molecule has 1 aromatic carbocycles. The Morgan fingerprint density at radius 2 is 2.00 bits per heavy atom. The molecule has 1 fully saturated rings. The number of aliphatic hydroxyl groups is 1. The van der Waals surface area contributed by atoms with Crippen molar-refractivity contribution in [1.29, 1.82) is 0 Å². The Labute approximate surface area is 136 Å². The fraction of sp³-hybridized carbons (Fsp3) is 0.588. The molecule has 128 valence electrons. The summed E-state index contributed by atoms with van der Waals surface area (Å²) >= 11 is 0. The molecule has 0 spiro atoms. The van der Waals surface area contributed by atoms with Gasteiger partial charge >= 0.3 is 5.97 Å². The predicted molar refractivity (Wildman–Crippen MR) is 87.7 cm³/mol. The van der Waals surface area contributed by atoms with E-state index >= 15 is 0 Å². The second kappa shape index (κ2) is 6.35. The summed E-state index contributed by atoms with van der Waals surface area (Å²) in [5.41, 5.74) is 4.71. The van der Waals surface area contributed by atoms with Gasteiger partial charge in [0.05, 0.1) is 17.7 Å². The Kier molecular flexibility index (Phi) is 4.84. The Bertz CT molecular complexity index is 576. The minimum atomic E-state index is -1.06. The highest BCUT2D eigenvalue weighted by Crippen LogP contribution is 2.30. The first-order valence-electron chi connectivity index (χ1n) is 7.82. The van der Waals surface area contributed by atoms with Crippen LogP contribution in [0.4, 0.5) is 15.8 Å². The van der Waals surface area contributed by atoms with Gasteiger partial charge in [0.25, 0.3) is 0 Å². The lowest BCUT2D eigenvalue weighted by Gasteiger charge is -2.39. The summed E-state index contributed by atoms with van der Waals surface area (Å²) in [4.78, 5) is 13.9. The van der Waals surface area contributed by atoms with Crippen molar-refractivity contribution in [3.8, 4) is 0 Å². The third-order valence-electron chi connectivity index (χ3n) is 3.94. The topological polar surface area (TPSA) is 75.8 Å². The van der Waals surface area contributed by atoms with Crippen molar-refractivity contribution < 1.29 is 19.0 Å². The van der Waals surface area contributed by atoms with Gasteiger partial charge < -0.3 is 20.5 Å². The quantitative estimate of drug-likeness (QED) is 0.660. The largest absolute Gasteiger partial charge is 0.460 e. The third kappa shape index (κ3) is 4.82. The average Bonchev–Trinajstić information content (AvgIpc) is 2.40. The molecule has 1 heterocycles. The number of nitrogens with zero attached hydrogens (tertiary/aromatic N) is 1. The first-order valence-corrected chi connectivity index (χ1v) is 7.82. The molecule has 0 saturated carbocycles. The molecule has 1 aliphatic heterocycles. The molecule has 6 heteroatoms. The van der Waals surface area contributed by atoms with Gasteiger partial charge in [-0.3, -0.25) is 4.79 Å². The molecule has 1 saturated heterocycles. The van der Waals surface area contributed by atoms with E-state index < -0.39 is 23.0 Å². The molecule has 5 nitrogen and oxygen atoms in total. The molecule has 1 aliphatic rings. The molecule has 0 amide bonds. The zero-order chi connectivity index (χ0) is 17.3. The van der Waals surface area contributed by atoms with Gasteiger partial charge in [0.1, 0.15) is 11.4 Å². The SMILES string of the molecule is CC(C)(C)OC(=O)CC1(O)CCN(c2ccc(N)c(F)c2)CC1. The number of rotatable bonds is 3. The van der Waals surface area contributed by atoms with Gasteiger partial charge in [0, 0.05) is 18.8 Å². The van der Waals surface area contributed by atoms with Gasteiger partial charge in [0.15, 0.2) is 0 Å². The van der Waals surface area contributed by atoms with Crippen molar-refractivity contribution in [1.82, 2.24) is 0 Å². The van der Waals surface area contributed by atoms with Crippen LogP contribution in [0.5, 0.6) is 0 Å². The molecule has 2 rings (SSSR count). The summed E-state index contributed by atoms with van der Waals surface area (Å²) < 4.78 is 18.8. The fourth-order valence-corrected chi connectivity index (χ4v) is 2.72. The minimum absolute atomic E-state index is 0.0196. The summed E-state index contributed by atoms with van der Waals surface area (Å²) in [5.74, 6) is -0.843. The highest BCUT2D eigenvalue weighted by atomic mass is 19.1. The number of nitrogen functional groups attached to an aromatic ring is 1. The molecular weight excluding hydrogens is 299 g/mol. The van der Waals surface area contributed by atoms with Crippen molar-refractivity contribution in [2.24, 2.45) is 0 Å². The van der Waals surface area contributed by atoms with Gasteiger partial charge in [-0.25, -0.2) is 4.39 Å². The number of carbonyl (C=O) groups excluding carboxylic acids is 1. The number of ether oxygens (including phenoxy) is 1. The van der Waals surface area contributed by atoms with Crippen molar-refractivity contribution in [3.05, 3.63) is 24.0 Å². The summed E-state index contributed by atoms with van der Waals surface area (Å²) in [7, 11) is 0. The first kappa shape index (κ1) is 17.5. The Hall–Kier alpha value is -1.82. The first-order chi connectivity index (χ1) is 10.6. The molecule has 0 unspecified atom stereocenters. The van der Waals surface area contributed by atoms with Gasteiger partial charge in [-0.1, -0.05) is 0 Å². The van der Waals surface area contributed by atoms with Crippen LogP contribution >= 0.6 is 0 Å². The van der Waals surface area contributed by atoms with Crippen LogP contribution in [0.2, 0.25) is 0 Å². The maximum absolute atomic E-state index is 13.6. The maximum Gasteiger partial charge on any atom is 0.309 e. The van der Waals surface area contributed by atoms with Gasteiger partial charge in [-0.15, -0.1) is 0 Å². The number of nitrogens with two attached hydrogens (primary N) is 1. The van der Waals surface area contributed by atoms with Crippen LogP contribution in [0.3, 0.4) is 0 Å².